The topological polar surface area (TPSA) is 102 Å². The fraction of sp³-hybridized carbons (Fsp3) is 0.474. The Labute approximate surface area is 175 Å². The first-order valence-electron chi connectivity index (χ1n) is 9.66. The van der Waals surface area contributed by atoms with E-state index in [2.05, 4.69) is 9.88 Å². The Balaban J connectivity index is 1.28. The van der Waals surface area contributed by atoms with E-state index >= 15 is 0 Å². The zero-order valence-corrected chi connectivity index (χ0v) is 17.7. The van der Waals surface area contributed by atoms with Gasteiger partial charge in [-0.1, -0.05) is 42.1 Å². The van der Waals surface area contributed by atoms with Crippen molar-refractivity contribution in [3.8, 4) is 11.3 Å². The maximum Gasteiger partial charge on any atom is 0.233 e. The number of nitrogens with zero attached hydrogens (tertiary/aromatic N) is 4. The molecule has 4 rings (SSSR count). The molecule has 1 aromatic heterocycles. The quantitative estimate of drug-likeness (QED) is 0.544. The summed E-state index contributed by atoms with van der Waals surface area (Å²) >= 11 is 1.33. The number of carbonyl (C=O) groups is 1. The monoisotopic (exact) mass is 435 g/mol. The lowest BCUT2D eigenvalue weighted by Gasteiger charge is -2.37. The van der Waals surface area contributed by atoms with E-state index in [4.69, 9.17) is 5.84 Å². The van der Waals surface area contributed by atoms with Gasteiger partial charge in [0.05, 0.1) is 29.1 Å². The molecule has 10 heteroatoms. The maximum atomic E-state index is 12.6. The minimum Gasteiger partial charge on any atom is -0.339 e. The smallest absolute Gasteiger partial charge is 0.233 e. The first kappa shape index (κ1) is 20.2. The molecule has 0 radical (unpaired) electrons. The van der Waals surface area contributed by atoms with Crippen molar-refractivity contribution in [2.45, 2.75) is 17.6 Å². The highest BCUT2D eigenvalue weighted by molar-refractivity contribution is 7.99. The van der Waals surface area contributed by atoms with E-state index in [1.165, 1.54) is 16.4 Å². The van der Waals surface area contributed by atoms with E-state index in [9.17, 15) is 13.2 Å². The lowest BCUT2D eigenvalue weighted by atomic mass is 10.2. The van der Waals surface area contributed by atoms with Gasteiger partial charge < -0.3 is 10.7 Å². The highest BCUT2D eigenvalue weighted by Crippen LogP contribution is 2.24. The molecule has 3 heterocycles. The van der Waals surface area contributed by atoms with E-state index < -0.39 is 9.84 Å². The first-order chi connectivity index (χ1) is 13.9. The van der Waals surface area contributed by atoms with Crippen molar-refractivity contribution >= 4 is 27.5 Å². The molecule has 0 unspecified atom stereocenters. The molecule has 29 heavy (non-hydrogen) atoms. The average Bonchev–Trinajstić information content (AvgIpc) is 3.29. The lowest BCUT2D eigenvalue weighted by Crippen LogP contribution is -2.52. The summed E-state index contributed by atoms with van der Waals surface area (Å²) in [6.45, 7) is 2.70. The highest BCUT2D eigenvalue weighted by Gasteiger charge is 2.34. The summed E-state index contributed by atoms with van der Waals surface area (Å²) in [5, 5.41) is 0.604. The van der Waals surface area contributed by atoms with E-state index in [1.54, 1.807) is 6.20 Å². The summed E-state index contributed by atoms with van der Waals surface area (Å²) in [4.78, 5) is 21.2. The van der Waals surface area contributed by atoms with Crippen molar-refractivity contribution in [3.63, 3.8) is 0 Å². The minimum absolute atomic E-state index is 0.0537. The molecule has 156 valence electrons. The van der Waals surface area contributed by atoms with Gasteiger partial charge in [0, 0.05) is 37.8 Å². The van der Waals surface area contributed by atoms with E-state index in [0.717, 1.165) is 24.3 Å². The third kappa shape index (κ3) is 4.76. The third-order valence-electron chi connectivity index (χ3n) is 5.48. The molecule has 2 aliphatic heterocycles. The zero-order valence-electron chi connectivity index (χ0n) is 16.1. The van der Waals surface area contributed by atoms with Crippen LogP contribution in [0, 0.1) is 0 Å². The molecule has 8 nitrogen and oxygen atoms in total. The Morgan fingerprint density at radius 1 is 1.17 bits per heavy atom. The minimum atomic E-state index is -2.88. The number of carbonyl (C=O) groups excluding carboxylic acids is 1. The predicted molar refractivity (Wildman–Crippen MR) is 114 cm³/mol. The third-order valence-corrected chi connectivity index (χ3v) is 8.19. The van der Waals surface area contributed by atoms with Crippen molar-refractivity contribution < 1.29 is 13.2 Å². The van der Waals surface area contributed by atoms with Crippen LogP contribution in [0.4, 0.5) is 0 Å². The molecular weight excluding hydrogens is 410 g/mol. The van der Waals surface area contributed by atoms with E-state index in [0.29, 0.717) is 24.7 Å². The van der Waals surface area contributed by atoms with Crippen LogP contribution in [0.1, 0.15) is 6.42 Å². The van der Waals surface area contributed by atoms with Crippen LogP contribution in [0.2, 0.25) is 0 Å². The standard InChI is InChI=1S/C19H25N5O3S2/c20-24-12-17(15-4-2-1-3-5-15)21-19(24)28-13-18(25)23-9-7-22(8-10-23)16-6-11-29(26,27)14-16/h1-5,12,16H,6-11,13-14,20H2/t16-/m0/s1. The summed E-state index contributed by atoms with van der Waals surface area (Å²) in [6.07, 6.45) is 2.46. The number of hydrogen-bond acceptors (Lipinski definition) is 7. The summed E-state index contributed by atoms with van der Waals surface area (Å²) in [7, 11) is -2.88. The number of thioether (sulfide) groups is 1. The number of piperazine rings is 1. The van der Waals surface area contributed by atoms with Crippen LogP contribution >= 0.6 is 11.8 Å². The van der Waals surface area contributed by atoms with Gasteiger partial charge in [0.2, 0.25) is 5.91 Å². The molecule has 0 spiro atoms. The Bertz CT molecular complexity index is 969. The number of imidazole rings is 1. The van der Waals surface area contributed by atoms with Crippen LogP contribution in [-0.2, 0) is 14.6 Å². The zero-order chi connectivity index (χ0) is 20.4. The van der Waals surface area contributed by atoms with Gasteiger partial charge >= 0.3 is 0 Å². The van der Waals surface area contributed by atoms with Gasteiger partial charge in [-0.05, 0) is 6.42 Å². The summed E-state index contributed by atoms with van der Waals surface area (Å²) in [5.74, 6) is 6.87. The Morgan fingerprint density at radius 2 is 1.90 bits per heavy atom. The molecule has 0 saturated carbocycles. The molecule has 2 fully saturated rings. The van der Waals surface area contributed by atoms with Gasteiger partial charge in [0.25, 0.3) is 0 Å². The van der Waals surface area contributed by atoms with E-state index in [1.807, 2.05) is 35.2 Å². The summed E-state index contributed by atoms with van der Waals surface area (Å²) in [6, 6.07) is 9.88. The SMILES string of the molecule is Nn1cc(-c2ccccc2)nc1SCC(=O)N1CCN([C@H]2CCS(=O)(=O)C2)CC1. The van der Waals surface area contributed by atoms with Crippen LogP contribution in [-0.4, -0.2) is 83.3 Å². The van der Waals surface area contributed by atoms with Crippen molar-refractivity contribution in [2.24, 2.45) is 0 Å². The van der Waals surface area contributed by atoms with Crippen molar-refractivity contribution in [3.05, 3.63) is 36.5 Å². The molecule has 2 aromatic rings. The van der Waals surface area contributed by atoms with Crippen molar-refractivity contribution in [1.29, 1.82) is 0 Å². The van der Waals surface area contributed by atoms with Crippen molar-refractivity contribution in [1.82, 2.24) is 19.5 Å². The molecule has 2 N–H and O–H groups in total. The number of nitrogen functional groups attached to an aromatic ring is 1. The number of hydrogen-bond donors (Lipinski definition) is 1. The molecule has 1 amide bonds. The fourth-order valence-electron chi connectivity index (χ4n) is 3.85. The van der Waals surface area contributed by atoms with Crippen LogP contribution in [0.15, 0.2) is 41.7 Å². The van der Waals surface area contributed by atoms with Gasteiger partial charge in [-0.2, -0.15) is 0 Å². The van der Waals surface area contributed by atoms with Crippen LogP contribution in [0.3, 0.4) is 0 Å². The van der Waals surface area contributed by atoms with Gasteiger partial charge in [0.15, 0.2) is 15.0 Å². The largest absolute Gasteiger partial charge is 0.339 e. The second-order valence-corrected chi connectivity index (χ2v) is 10.6. The van der Waals surface area contributed by atoms with Crippen molar-refractivity contribution in [2.75, 3.05) is 49.3 Å². The second kappa shape index (κ2) is 8.37. The molecule has 2 saturated heterocycles. The average molecular weight is 436 g/mol. The van der Waals surface area contributed by atoms with Gasteiger partial charge in [0.1, 0.15) is 0 Å². The van der Waals surface area contributed by atoms with E-state index in [-0.39, 0.29) is 29.2 Å². The van der Waals surface area contributed by atoms with Crippen LogP contribution in [0.5, 0.6) is 0 Å². The van der Waals surface area contributed by atoms with Crippen LogP contribution in [0.25, 0.3) is 11.3 Å². The Hall–Kier alpha value is -2.04. The summed E-state index contributed by atoms with van der Waals surface area (Å²) < 4.78 is 24.8. The number of benzene rings is 1. The highest BCUT2D eigenvalue weighted by atomic mass is 32.2. The molecule has 1 aromatic carbocycles. The lowest BCUT2D eigenvalue weighted by molar-refractivity contribution is -0.130. The molecule has 0 aliphatic carbocycles. The number of aromatic nitrogens is 2. The Morgan fingerprint density at radius 3 is 2.55 bits per heavy atom. The molecule has 2 aliphatic rings. The number of sulfone groups is 1. The maximum absolute atomic E-state index is 12.6. The molecule has 0 bridgehead atoms. The Kier molecular flexibility index (Phi) is 5.84. The normalized spacial score (nSPS) is 22.1. The summed E-state index contributed by atoms with van der Waals surface area (Å²) in [5.41, 5.74) is 1.76. The second-order valence-electron chi connectivity index (χ2n) is 7.44. The van der Waals surface area contributed by atoms with Gasteiger partial charge in [-0.3, -0.25) is 9.69 Å². The van der Waals surface area contributed by atoms with Crippen LogP contribution < -0.4 is 5.84 Å². The number of nitrogens with two attached hydrogens (primary N) is 1. The van der Waals surface area contributed by atoms with Gasteiger partial charge in [-0.15, -0.1) is 0 Å². The number of rotatable bonds is 5. The number of amides is 1. The predicted octanol–water partition coefficient (Wildman–Crippen LogP) is 0.687. The van der Waals surface area contributed by atoms with Gasteiger partial charge in [-0.25, -0.2) is 18.1 Å². The first-order valence-corrected chi connectivity index (χ1v) is 12.5. The fourth-order valence-corrected chi connectivity index (χ4v) is 6.41. The molecule has 1 atom stereocenters. The molecular formula is C19H25N5O3S2.